The van der Waals surface area contributed by atoms with Crippen LogP contribution < -0.4 is 0 Å². The van der Waals surface area contributed by atoms with Gasteiger partial charge in [-0.15, -0.1) is 0 Å². The van der Waals surface area contributed by atoms with Crippen LogP contribution in [0.25, 0.3) is 0 Å². The zero-order valence-corrected chi connectivity index (χ0v) is 6.27. The highest BCUT2D eigenvalue weighted by Gasteiger charge is 2.11. The van der Waals surface area contributed by atoms with Crippen LogP contribution in [-0.2, 0) is 0 Å². The lowest BCUT2D eigenvalue weighted by Gasteiger charge is -2.29. The highest BCUT2D eigenvalue weighted by Crippen LogP contribution is 2.10. The number of likely N-dealkylation sites (tertiary alicyclic amines) is 1. The molecule has 1 atom stereocenters. The van der Waals surface area contributed by atoms with Gasteiger partial charge in [-0.3, -0.25) is 0 Å². The predicted molar refractivity (Wildman–Crippen MR) is 40.2 cm³/mol. The molecule has 1 saturated heterocycles. The van der Waals surface area contributed by atoms with Crippen molar-refractivity contribution < 1.29 is 0 Å². The Kier molecular flexibility index (Phi) is 2.52. The molecule has 0 amide bonds. The van der Waals surface area contributed by atoms with E-state index in [9.17, 15) is 0 Å². The van der Waals surface area contributed by atoms with Crippen LogP contribution >= 0.6 is 0 Å². The lowest BCUT2D eigenvalue weighted by molar-refractivity contribution is 0.199. The first-order chi connectivity index (χ1) is 4.30. The summed E-state index contributed by atoms with van der Waals surface area (Å²) in [6, 6.07) is 0.519. The van der Waals surface area contributed by atoms with Gasteiger partial charge in [-0.1, -0.05) is 6.42 Å². The van der Waals surface area contributed by atoms with Crippen LogP contribution in [0.5, 0.6) is 0 Å². The van der Waals surface area contributed by atoms with Gasteiger partial charge < -0.3 is 4.90 Å². The van der Waals surface area contributed by atoms with Crippen LogP contribution in [0.2, 0.25) is 0 Å². The summed E-state index contributed by atoms with van der Waals surface area (Å²) in [4.78, 5) is 2.45. The third kappa shape index (κ3) is 1.98. The summed E-state index contributed by atoms with van der Waals surface area (Å²) < 4.78 is 0. The first-order valence-electron chi connectivity index (χ1n) is 3.88. The SMILES string of the molecule is [CH2][C@H](C)N1CCCCC1. The van der Waals surface area contributed by atoms with Crippen molar-refractivity contribution in [2.24, 2.45) is 0 Å². The van der Waals surface area contributed by atoms with Gasteiger partial charge in [-0.05, 0) is 39.8 Å². The topological polar surface area (TPSA) is 3.24 Å². The zero-order valence-electron chi connectivity index (χ0n) is 6.27. The molecule has 0 aromatic rings. The van der Waals surface area contributed by atoms with Crippen molar-refractivity contribution in [2.75, 3.05) is 13.1 Å². The fourth-order valence-electron chi connectivity index (χ4n) is 1.36. The Balaban J connectivity index is 2.23. The average Bonchev–Trinajstić information content (AvgIpc) is 1.90. The average molecular weight is 126 g/mol. The molecule has 0 aromatic heterocycles. The molecule has 0 spiro atoms. The molecule has 0 aliphatic carbocycles. The molecule has 53 valence electrons. The molecular weight excluding hydrogens is 110 g/mol. The highest BCUT2D eigenvalue weighted by molar-refractivity contribution is 4.71. The fraction of sp³-hybridized carbons (Fsp3) is 0.875. The summed E-state index contributed by atoms with van der Waals surface area (Å²) in [5, 5.41) is 0. The standard InChI is InChI=1S/C8H16N/c1-8(2)9-6-4-3-5-7-9/h8H,1,3-7H2,2H3/t8-/m1/s1. The highest BCUT2D eigenvalue weighted by atomic mass is 15.1. The van der Waals surface area contributed by atoms with Crippen molar-refractivity contribution in [1.29, 1.82) is 0 Å². The van der Waals surface area contributed by atoms with Gasteiger partial charge in [0.25, 0.3) is 0 Å². The Morgan fingerprint density at radius 1 is 1.22 bits per heavy atom. The van der Waals surface area contributed by atoms with Gasteiger partial charge >= 0.3 is 0 Å². The molecule has 0 unspecified atom stereocenters. The quantitative estimate of drug-likeness (QED) is 0.517. The number of nitrogens with zero attached hydrogens (tertiary/aromatic N) is 1. The third-order valence-electron chi connectivity index (χ3n) is 2.01. The second kappa shape index (κ2) is 3.21. The van der Waals surface area contributed by atoms with E-state index < -0.39 is 0 Å². The van der Waals surface area contributed by atoms with E-state index in [-0.39, 0.29) is 0 Å². The number of rotatable bonds is 1. The molecule has 0 bridgehead atoms. The maximum absolute atomic E-state index is 3.99. The van der Waals surface area contributed by atoms with Gasteiger partial charge in [-0.2, -0.15) is 0 Å². The summed E-state index contributed by atoms with van der Waals surface area (Å²) >= 11 is 0. The number of piperidine rings is 1. The van der Waals surface area contributed by atoms with Gasteiger partial charge in [0.15, 0.2) is 0 Å². The molecule has 1 heteroatoms. The second-order valence-corrected chi connectivity index (χ2v) is 2.95. The lowest BCUT2D eigenvalue weighted by atomic mass is 10.1. The van der Waals surface area contributed by atoms with Crippen molar-refractivity contribution in [2.45, 2.75) is 32.2 Å². The van der Waals surface area contributed by atoms with Crippen molar-refractivity contribution in [3.63, 3.8) is 0 Å². The molecule has 1 heterocycles. The maximum atomic E-state index is 3.99. The molecule has 1 fully saturated rings. The van der Waals surface area contributed by atoms with Gasteiger partial charge in [-0.25, -0.2) is 0 Å². The van der Waals surface area contributed by atoms with Gasteiger partial charge in [0.05, 0.1) is 0 Å². The molecule has 0 N–H and O–H groups in total. The van der Waals surface area contributed by atoms with Crippen LogP contribution in [0, 0.1) is 6.92 Å². The zero-order chi connectivity index (χ0) is 6.69. The molecule has 1 aliphatic rings. The smallest absolute Gasteiger partial charge is 0.00675 e. The van der Waals surface area contributed by atoms with Crippen molar-refractivity contribution in [3.8, 4) is 0 Å². The maximum Gasteiger partial charge on any atom is 0.00675 e. The van der Waals surface area contributed by atoms with Crippen molar-refractivity contribution >= 4 is 0 Å². The monoisotopic (exact) mass is 126 g/mol. The summed E-state index contributed by atoms with van der Waals surface area (Å²) in [5.41, 5.74) is 0. The van der Waals surface area contributed by atoms with Crippen LogP contribution in [-0.4, -0.2) is 24.0 Å². The summed E-state index contributed by atoms with van der Waals surface area (Å²) in [6.07, 6.45) is 4.17. The molecule has 1 rings (SSSR count). The van der Waals surface area contributed by atoms with Gasteiger partial charge in [0.2, 0.25) is 0 Å². The normalized spacial score (nSPS) is 23.0. The lowest BCUT2D eigenvalue weighted by Crippen LogP contribution is -2.35. The van der Waals surface area contributed by atoms with Crippen LogP contribution in [0.4, 0.5) is 0 Å². The van der Waals surface area contributed by atoms with Crippen LogP contribution in [0.3, 0.4) is 0 Å². The third-order valence-corrected chi connectivity index (χ3v) is 2.01. The van der Waals surface area contributed by atoms with E-state index in [0.29, 0.717) is 6.04 Å². The van der Waals surface area contributed by atoms with E-state index in [1.54, 1.807) is 0 Å². The largest absolute Gasteiger partial charge is 0.301 e. The first-order valence-corrected chi connectivity index (χ1v) is 3.88. The van der Waals surface area contributed by atoms with E-state index in [2.05, 4.69) is 18.7 Å². The molecule has 1 aliphatic heterocycles. The first kappa shape index (κ1) is 7.07. The second-order valence-electron chi connectivity index (χ2n) is 2.95. The Bertz CT molecular complexity index is 72.6. The summed E-state index contributed by atoms with van der Waals surface area (Å²) in [5.74, 6) is 0. The minimum atomic E-state index is 0.519. The minimum absolute atomic E-state index is 0.519. The molecule has 9 heavy (non-hydrogen) atoms. The minimum Gasteiger partial charge on any atom is -0.301 e. The fourth-order valence-corrected chi connectivity index (χ4v) is 1.36. The van der Waals surface area contributed by atoms with E-state index in [1.807, 2.05) is 0 Å². The molecule has 1 radical (unpaired) electrons. The van der Waals surface area contributed by atoms with Crippen molar-refractivity contribution in [1.82, 2.24) is 4.90 Å². The Morgan fingerprint density at radius 2 is 1.78 bits per heavy atom. The van der Waals surface area contributed by atoms with E-state index in [4.69, 9.17) is 0 Å². The van der Waals surface area contributed by atoms with E-state index in [0.717, 1.165) is 0 Å². The molecule has 0 saturated carbocycles. The molecule has 1 nitrogen and oxygen atoms in total. The van der Waals surface area contributed by atoms with Crippen molar-refractivity contribution in [3.05, 3.63) is 6.92 Å². The number of hydrogen-bond donors (Lipinski definition) is 0. The predicted octanol–water partition coefficient (Wildman–Crippen LogP) is 1.69. The van der Waals surface area contributed by atoms with Gasteiger partial charge in [0.1, 0.15) is 0 Å². The van der Waals surface area contributed by atoms with Gasteiger partial charge in [0, 0.05) is 6.04 Å². The van der Waals surface area contributed by atoms with Crippen LogP contribution in [0.15, 0.2) is 0 Å². The Morgan fingerprint density at radius 3 is 2.11 bits per heavy atom. The molecular formula is C8H16N. The molecule has 0 aromatic carbocycles. The Hall–Kier alpha value is -0.0400. The number of hydrogen-bond acceptors (Lipinski definition) is 1. The van der Waals surface area contributed by atoms with E-state index >= 15 is 0 Å². The summed E-state index contributed by atoms with van der Waals surface area (Å²) in [6.45, 7) is 8.70. The van der Waals surface area contributed by atoms with Crippen LogP contribution in [0.1, 0.15) is 26.2 Å². The Labute approximate surface area is 58.0 Å². The summed E-state index contributed by atoms with van der Waals surface area (Å²) in [7, 11) is 0. The van der Waals surface area contributed by atoms with E-state index in [1.165, 1.54) is 32.4 Å².